The number of aromatic nitrogens is 2. The van der Waals surface area contributed by atoms with E-state index < -0.39 is 41.8 Å². The SMILES string of the molecule is Nc1nc(=O)n(C2O[C@H](CO)[C@@H](O)[C@H]2O)cc1/C=C/c1ccc([N+](=O)[O-])cc1. The van der Waals surface area contributed by atoms with Crippen molar-refractivity contribution in [1.29, 1.82) is 0 Å². The van der Waals surface area contributed by atoms with E-state index >= 15 is 0 Å². The monoisotopic (exact) mass is 390 g/mol. The number of benzene rings is 1. The Morgan fingerprint density at radius 3 is 2.50 bits per heavy atom. The van der Waals surface area contributed by atoms with Gasteiger partial charge in [-0.1, -0.05) is 6.08 Å². The largest absolute Gasteiger partial charge is 0.394 e. The highest BCUT2D eigenvalue weighted by Gasteiger charge is 2.43. The van der Waals surface area contributed by atoms with E-state index in [2.05, 4.69) is 4.98 Å². The van der Waals surface area contributed by atoms with Gasteiger partial charge in [-0.25, -0.2) is 4.79 Å². The Morgan fingerprint density at radius 2 is 1.93 bits per heavy atom. The lowest BCUT2D eigenvalue weighted by Crippen LogP contribution is -2.36. The summed E-state index contributed by atoms with van der Waals surface area (Å²) in [6.07, 6.45) is -0.607. The van der Waals surface area contributed by atoms with Crippen molar-refractivity contribution in [3.63, 3.8) is 0 Å². The first kappa shape index (κ1) is 19.6. The van der Waals surface area contributed by atoms with E-state index in [0.717, 1.165) is 4.57 Å². The molecule has 1 aliphatic heterocycles. The number of rotatable bonds is 5. The van der Waals surface area contributed by atoms with Gasteiger partial charge in [-0.3, -0.25) is 14.7 Å². The van der Waals surface area contributed by atoms with Crippen molar-refractivity contribution in [2.75, 3.05) is 12.3 Å². The summed E-state index contributed by atoms with van der Waals surface area (Å²) in [7, 11) is 0. The first-order chi connectivity index (χ1) is 13.3. The third-order valence-electron chi connectivity index (χ3n) is 4.36. The van der Waals surface area contributed by atoms with Crippen LogP contribution in [0.15, 0.2) is 35.3 Å². The summed E-state index contributed by atoms with van der Waals surface area (Å²) >= 11 is 0. The second-order valence-corrected chi connectivity index (χ2v) is 6.18. The number of aliphatic hydroxyl groups is 3. The Hall–Kier alpha value is -3.12. The zero-order chi connectivity index (χ0) is 20.4. The number of nitrogens with zero attached hydrogens (tertiary/aromatic N) is 3. The zero-order valence-electron chi connectivity index (χ0n) is 14.5. The summed E-state index contributed by atoms with van der Waals surface area (Å²) in [5, 5.41) is 39.8. The number of nitro benzene ring substituents is 1. The number of nitrogen functional groups attached to an aromatic ring is 1. The van der Waals surface area contributed by atoms with Crippen molar-refractivity contribution in [1.82, 2.24) is 9.55 Å². The van der Waals surface area contributed by atoms with Gasteiger partial charge in [0.1, 0.15) is 24.1 Å². The first-order valence-corrected chi connectivity index (χ1v) is 8.25. The van der Waals surface area contributed by atoms with Gasteiger partial charge in [0.2, 0.25) is 0 Å². The van der Waals surface area contributed by atoms with E-state index in [1.165, 1.54) is 18.3 Å². The molecular formula is C17H18N4O7. The molecule has 0 aliphatic carbocycles. The van der Waals surface area contributed by atoms with Gasteiger partial charge in [0, 0.05) is 23.9 Å². The summed E-state index contributed by atoms with van der Waals surface area (Å²) in [4.78, 5) is 26.0. The van der Waals surface area contributed by atoms with Crippen molar-refractivity contribution in [2.24, 2.45) is 0 Å². The zero-order valence-corrected chi connectivity index (χ0v) is 14.5. The molecule has 11 heteroatoms. The molecule has 0 bridgehead atoms. The molecule has 0 radical (unpaired) electrons. The van der Waals surface area contributed by atoms with Crippen LogP contribution < -0.4 is 11.4 Å². The van der Waals surface area contributed by atoms with Crippen LogP contribution in [0.1, 0.15) is 17.4 Å². The fraction of sp³-hybridized carbons (Fsp3) is 0.294. The molecule has 1 aromatic heterocycles. The van der Waals surface area contributed by atoms with Crippen LogP contribution in [0.2, 0.25) is 0 Å². The number of nitro groups is 1. The van der Waals surface area contributed by atoms with Crippen molar-refractivity contribution >= 4 is 23.7 Å². The minimum absolute atomic E-state index is 0.0451. The summed E-state index contributed by atoms with van der Waals surface area (Å²) in [6, 6.07) is 5.78. The molecule has 0 amide bonds. The number of hydrogen-bond acceptors (Lipinski definition) is 9. The standard InChI is InChI=1S/C17H18N4O7/c18-15-10(4-1-9-2-5-11(6-3-9)21(26)27)7-20(17(25)19-15)16-14(24)13(23)12(8-22)28-16/h1-7,12-14,16,22-24H,8H2,(H2,18,19,25)/b4-1+/t12-,13-,14-,16?/m1/s1. The van der Waals surface area contributed by atoms with Crippen molar-refractivity contribution in [3.05, 3.63) is 62.2 Å². The second-order valence-electron chi connectivity index (χ2n) is 6.18. The number of non-ortho nitro benzene ring substituents is 1. The van der Waals surface area contributed by atoms with Gasteiger partial charge in [0.05, 0.1) is 11.5 Å². The van der Waals surface area contributed by atoms with Gasteiger partial charge in [-0.15, -0.1) is 0 Å². The van der Waals surface area contributed by atoms with E-state index in [4.69, 9.17) is 10.5 Å². The van der Waals surface area contributed by atoms with E-state index in [-0.39, 0.29) is 11.5 Å². The minimum Gasteiger partial charge on any atom is -0.394 e. The molecule has 1 saturated heterocycles. The minimum atomic E-state index is -1.44. The van der Waals surface area contributed by atoms with Crippen LogP contribution >= 0.6 is 0 Å². The van der Waals surface area contributed by atoms with Crippen molar-refractivity contribution < 1.29 is 25.0 Å². The predicted molar refractivity (Wildman–Crippen MR) is 97.9 cm³/mol. The van der Waals surface area contributed by atoms with Crippen molar-refractivity contribution in [2.45, 2.75) is 24.5 Å². The molecule has 1 fully saturated rings. The van der Waals surface area contributed by atoms with Gasteiger partial charge in [-0.2, -0.15) is 4.98 Å². The summed E-state index contributed by atoms with van der Waals surface area (Å²) < 4.78 is 6.32. The number of anilines is 1. The van der Waals surface area contributed by atoms with Crippen LogP contribution in [-0.4, -0.2) is 54.7 Å². The van der Waals surface area contributed by atoms with Crippen LogP contribution in [0.4, 0.5) is 11.5 Å². The molecule has 2 aromatic rings. The highest BCUT2D eigenvalue weighted by atomic mass is 16.6. The van der Waals surface area contributed by atoms with E-state index in [1.54, 1.807) is 24.3 Å². The summed E-state index contributed by atoms with van der Waals surface area (Å²) in [5.74, 6) is -0.0637. The third-order valence-corrected chi connectivity index (χ3v) is 4.36. The van der Waals surface area contributed by atoms with Gasteiger partial charge in [-0.05, 0) is 23.8 Å². The first-order valence-electron chi connectivity index (χ1n) is 8.25. The number of ether oxygens (including phenoxy) is 1. The smallest absolute Gasteiger partial charge is 0.351 e. The molecule has 5 N–H and O–H groups in total. The lowest BCUT2D eigenvalue weighted by Gasteiger charge is -2.18. The highest BCUT2D eigenvalue weighted by Crippen LogP contribution is 2.28. The molecule has 4 atom stereocenters. The Bertz CT molecular complexity index is 957. The average molecular weight is 390 g/mol. The van der Waals surface area contributed by atoms with E-state index in [1.807, 2.05) is 0 Å². The van der Waals surface area contributed by atoms with Crippen LogP contribution in [0.25, 0.3) is 12.2 Å². The molecule has 148 valence electrons. The lowest BCUT2D eigenvalue weighted by atomic mass is 10.1. The molecule has 1 unspecified atom stereocenters. The maximum atomic E-state index is 12.2. The molecule has 11 nitrogen and oxygen atoms in total. The average Bonchev–Trinajstić information content (AvgIpc) is 2.96. The maximum Gasteiger partial charge on any atom is 0.351 e. The number of hydrogen-bond donors (Lipinski definition) is 4. The predicted octanol–water partition coefficient (Wildman–Crippen LogP) is -0.484. The topological polar surface area (TPSA) is 174 Å². The van der Waals surface area contributed by atoms with Crippen LogP contribution in [0, 0.1) is 10.1 Å². The maximum absolute atomic E-state index is 12.2. The van der Waals surface area contributed by atoms with Crippen LogP contribution in [0.3, 0.4) is 0 Å². The Balaban J connectivity index is 1.89. The molecular weight excluding hydrogens is 372 g/mol. The van der Waals surface area contributed by atoms with E-state index in [9.17, 15) is 30.2 Å². The van der Waals surface area contributed by atoms with Gasteiger partial charge in [0.15, 0.2) is 6.23 Å². The lowest BCUT2D eigenvalue weighted by molar-refractivity contribution is -0.384. The number of aliphatic hydroxyl groups excluding tert-OH is 3. The Labute approximate surface area is 158 Å². The van der Waals surface area contributed by atoms with Gasteiger partial charge < -0.3 is 25.8 Å². The highest BCUT2D eigenvalue weighted by molar-refractivity contribution is 5.74. The van der Waals surface area contributed by atoms with E-state index in [0.29, 0.717) is 11.1 Å². The quantitative estimate of drug-likeness (QED) is 0.388. The van der Waals surface area contributed by atoms with Gasteiger partial charge >= 0.3 is 5.69 Å². The fourth-order valence-corrected chi connectivity index (χ4v) is 2.81. The summed E-state index contributed by atoms with van der Waals surface area (Å²) in [5.41, 5.74) is 5.92. The molecule has 3 rings (SSSR count). The second kappa shape index (κ2) is 7.86. The Morgan fingerprint density at radius 1 is 1.25 bits per heavy atom. The molecule has 0 saturated carbocycles. The number of nitrogens with two attached hydrogens (primary N) is 1. The third kappa shape index (κ3) is 3.77. The Kier molecular flexibility index (Phi) is 5.51. The normalized spacial score (nSPS) is 24.7. The molecule has 1 aliphatic rings. The molecule has 1 aromatic carbocycles. The van der Waals surface area contributed by atoms with Gasteiger partial charge in [0.25, 0.3) is 5.69 Å². The molecule has 0 spiro atoms. The molecule has 2 heterocycles. The van der Waals surface area contributed by atoms with Crippen LogP contribution in [-0.2, 0) is 4.74 Å². The fourth-order valence-electron chi connectivity index (χ4n) is 2.81. The van der Waals surface area contributed by atoms with Crippen molar-refractivity contribution in [3.8, 4) is 0 Å². The van der Waals surface area contributed by atoms with Crippen LogP contribution in [0.5, 0.6) is 0 Å². The molecule has 28 heavy (non-hydrogen) atoms. The summed E-state index contributed by atoms with van der Waals surface area (Å²) in [6.45, 7) is -0.529.